The van der Waals surface area contributed by atoms with E-state index < -0.39 is 17.9 Å². The summed E-state index contributed by atoms with van der Waals surface area (Å²) in [5.74, 6) is 0. The minimum absolute atomic E-state index is 0.979. The third kappa shape index (κ3) is 8.27. The summed E-state index contributed by atoms with van der Waals surface area (Å²) >= 11 is -0.979. The zero-order valence-electron chi connectivity index (χ0n) is 9.24. The number of hydrogen-bond acceptors (Lipinski definition) is 0. The van der Waals surface area contributed by atoms with Crippen molar-refractivity contribution in [1.82, 2.24) is 0 Å². The zero-order valence-corrected chi connectivity index (χ0v) is 10.8. The third-order valence-electron chi connectivity index (χ3n) is 1.66. The van der Waals surface area contributed by atoms with Crippen molar-refractivity contribution in [3.63, 3.8) is 0 Å². The van der Waals surface area contributed by atoms with Gasteiger partial charge in [0.15, 0.2) is 0 Å². The molecule has 0 unspecified atom stereocenters. The summed E-state index contributed by atoms with van der Waals surface area (Å²) in [6, 6.07) is 0. The van der Waals surface area contributed by atoms with E-state index in [4.69, 9.17) is 0 Å². The predicted molar refractivity (Wildman–Crippen MR) is 58.9 cm³/mol. The van der Waals surface area contributed by atoms with Crippen LogP contribution in [0.2, 0.25) is 14.2 Å². The number of hydrogen-bond donors (Lipinski definition) is 0. The van der Waals surface area contributed by atoms with Crippen LogP contribution in [-0.2, 0) is 17.9 Å². The van der Waals surface area contributed by atoms with Crippen LogP contribution in [0.3, 0.4) is 0 Å². The van der Waals surface area contributed by atoms with E-state index in [1.54, 1.807) is 0 Å². The maximum absolute atomic E-state index is 3.99. The zero-order chi connectivity index (χ0) is 10.4. The average Bonchev–Trinajstić information content (AvgIpc) is 1.80. The van der Waals surface area contributed by atoms with Gasteiger partial charge in [0.2, 0.25) is 0 Å². The van der Waals surface area contributed by atoms with Crippen molar-refractivity contribution in [1.29, 1.82) is 0 Å². The van der Waals surface area contributed by atoms with Crippen molar-refractivity contribution in [3.8, 4) is 0 Å². The van der Waals surface area contributed by atoms with Gasteiger partial charge in [-0.25, -0.2) is 0 Å². The Balaban J connectivity index is 4.10. The summed E-state index contributed by atoms with van der Waals surface area (Å²) in [6.45, 7) is 18.4. The van der Waals surface area contributed by atoms with E-state index >= 15 is 0 Å². The molecular weight excluding hydrogens is 192 g/mol. The Labute approximate surface area is 89.3 Å². The summed E-state index contributed by atoms with van der Waals surface area (Å²) in [4.78, 5) is 0. The van der Waals surface area contributed by atoms with Crippen molar-refractivity contribution in [2.45, 2.75) is 34.9 Å². The van der Waals surface area contributed by atoms with Gasteiger partial charge < -0.3 is 0 Å². The van der Waals surface area contributed by atoms with E-state index in [1.807, 2.05) is 0 Å². The van der Waals surface area contributed by atoms with Gasteiger partial charge >= 0.3 is 89.3 Å². The molecule has 0 aromatic rings. The van der Waals surface area contributed by atoms with Crippen molar-refractivity contribution in [3.05, 3.63) is 36.5 Å². The maximum atomic E-state index is 3.99. The molecule has 0 saturated carbocycles. The Morgan fingerprint density at radius 2 is 1.00 bits per heavy atom. The summed E-state index contributed by atoms with van der Waals surface area (Å²) in [6.07, 6.45) is 0. The summed E-state index contributed by atoms with van der Waals surface area (Å²) in [5.41, 5.74) is 3.99. The summed E-state index contributed by atoms with van der Waals surface area (Å²) in [5, 5.41) is 0. The van der Waals surface area contributed by atoms with Crippen LogP contribution in [0.15, 0.2) is 36.5 Å². The molecule has 0 aliphatic heterocycles. The SMILES string of the molecule is C=C(C)[CH2][Ti]([CH2]C(=C)C)[CH2]C(=C)C. The van der Waals surface area contributed by atoms with E-state index in [-0.39, 0.29) is 0 Å². The van der Waals surface area contributed by atoms with E-state index in [9.17, 15) is 0 Å². The van der Waals surface area contributed by atoms with E-state index in [1.165, 1.54) is 30.9 Å². The van der Waals surface area contributed by atoms with Crippen molar-refractivity contribution < 1.29 is 17.9 Å². The Morgan fingerprint density at radius 3 is 1.15 bits per heavy atom. The molecule has 0 N–H and O–H groups in total. The van der Waals surface area contributed by atoms with Crippen LogP contribution in [0.5, 0.6) is 0 Å². The molecule has 0 bridgehead atoms. The molecule has 0 aromatic heterocycles. The van der Waals surface area contributed by atoms with Gasteiger partial charge in [-0.15, -0.1) is 0 Å². The van der Waals surface area contributed by atoms with Crippen molar-refractivity contribution >= 4 is 0 Å². The second-order valence-corrected chi connectivity index (χ2v) is 8.15. The molecule has 73 valence electrons. The van der Waals surface area contributed by atoms with Gasteiger partial charge in [-0.3, -0.25) is 0 Å². The molecule has 13 heavy (non-hydrogen) atoms. The van der Waals surface area contributed by atoms with Gasteiger partial charge in [-0.05, 0) is 0 Å². The van der Waals surface area contributed by atoms with Crippen LogP contribution in [0.1, 0.15) is 20.8 Å². The topological polar surface area (TPSA) is 0 Å². The van der Waals surface area contributed by atoms with Gasteiger partial charge in [0, 0.05) is 0 Å². The molecule has 0 spiro atoms. The monoisotopic (exact) mass is 213 g/mol. The van der Waals surface area contributed by atoms with Crippen LogP contribution >= 0.6 is 0 Å². The number of allylic oxidation sites excluding steroid dienone is 3. The van der Waals surface area contributed by atoms with E-state index in [0.717, 1.165) is 0 Å². The van der Waals surface area contributed by atoms with Gasteiger partial charge in [0.1, 0.15) is 0 Å². The minimum atomic E-state index is -0.979. The molecule has 0 heterocycles. The van der Waals surface area contributed by atoms with E-state index in [0.29, 0.717) is 0 Å². The Morgan fingerprint density at radius 1 is 0.769 bits per heavy atom. The molecule has 0 fully saturated rings. The molecular formula is C12H21Ti. The molecule has 0 atom stereocenters. The Hall–Kier alpha value is -0.0657. The standard InChI is InChI=1S/3C4H7.Ti/c3*1-4(2)3;/h3*1-2H2,3H3;. The molecule has 0 aliphatic rings. The fraction of sp³-hybridized carbons (Fsp3) is 0.500. The molecule has 0 rings (SSSR count). The quantitative estimate of drug-likeness (QED) is 0.447. The first-order chi connectivity index (χ1) is 5.91. The van der Waals surface area contributed by atoms with Crippen LogP contribution in [0.25, 0.3) is 0 Å². The molecule has 0 aromatic carbocycles. The molecule has 1 heteroatoms. The van der Waals surface area contributed by atoms with Gasteiger partial charge in [-0.2, -0.15) is 0 Å². The third-order valence-corrected chi connectivity index (χ3v) is 6.83. The average molecular weight is 213 g/mol. The molecule has 0 saturated heterocycles. The Bertz CT molecular complexity index is 175. The molecule has 0 amide bonds. The van der Waals surface area contributed by atoms with Gasteiger partial charge in [-0.1, -0.05) is 0 Å². The van der Waals surface area contributed by atoms with Crippen molar-refractivity contribution in [2.75, 3.05) is 0 Å². The van der Waals surface area contributed by atoms with Crippen molar-refractivity contribution in [2.24, 2.45) is 0 Å². The first kappa shape index (κ1) is 12.9. The molecule has 0 radical (unpaired) electrons. The van der Waals surface area contributed by atoms with E-state index in [2.05, 4.69) is 40.5 Å². The Kier molecular flexibility index (Phi) is 6.37. The fourth-order valence-electron chi connectivity index (χ4n) is 1.47. The second-order valence-electron chi connectivity index (χ2n) is 4.15. The fourth-order valence-corrected chi connectivity index (χ4v) is 6.05. The normalized spacial score (nSPS) is 9.46. The summed E-state index contributed by atoms with van der Waals surface area (Å²) < 4.78 is 3.79. The van der Waals surface area contributed by atoms with Crippen LogP contribution in [0, 0.1) is 0 Å². The first-order valence-corrected chi connectivity index (χ1v) is 7.99. The van der Waals surface area contributed by atoms with Crippen LogP contribution in [0.4, 0.5) is 0 Å². The van der Waals surface area contributed by atoms with Crippen LogP contribution in [-0.4, -0.2) is 0 Å². The molecule has 0 nitrogen and oxygen atoms in total. The predicted octanol–water partition coefficient (Wildman–Crippen LogP) is 4.59. The van der Waals surface area contributed by atoms with Gasteiger partial charge in [0.05, 0.1) is 0 Å². The van der Waals surface area contributed by atoms with Crippen LogP contribution < -0.4 is 0 Å². The summed E-state index contributed by atoms with van der Waals surface area (Å²) in [7, 11) is 0. The number of rotatable bonds is 6. The molecule has 0 aliphatic carbocycles. The second kappa shape index (κ2) is 6.40. The first-order valence-electron chi connectivity index (χ1n) is 4.68. The van der Waals surface area contributed by atoms with Gasteiger partial charge in [0.25, 0.3) is 0 Å².